The topological polar surface area (TPSA) is 51.6 Å². The fourth-order valence-electron chi connectivity index (χ4n) is 2.49. The van der Waals surface area contributed by atoms with E-state index in [1.54, 1.807) is 23.6 Å². The number of aryl methyl sites for hydroxylation is 2. The van der Waals surface area contributed by atoms with Gasteiger partial charge in [0.25, 0.3) is 0 Å². The van der Waals surface area contributed by atoms with Gasteiger partial charge in [-0.2, -0.15) is 0 Å². The van der Waals surface area contributed by atoms with Crippen LogP contribution in [-0.4, -0.2) is 19.9 Å². The minimum atomic E-state index is 0.540. The Morgan fingerprint density at radius 1 is 1.21 bits per heavy atom. The van der Waals surface area contributed by atoms with E-state index < -0.39 is 0 Å². The van der Waals surface area contributed by atoms with E-state index in [0.29, 0.717) is 16.7 Å². The average molecular weight is 289 g/mol. The van der Waals surface area contributed by atoms with E-state index in [1.807, 2.05) is 0 Å². The fraction of sp³-hybridized carbons (Fsp3) is 0.231. The standard InChI is InChI=1S/C13H9ClN4S/c14-11-10-7-2-1-3-9(7)19-13(10)18-12(17-11)8-4-5-15-6-16-8/h4-6H,1-3H2. The van der Waals surface area contributed by atoms with Gasteiger partial charge in [-0.25, -0.2) is 19.9 Å². The lowest BCUT2D eigenvalue weighted by Crippen LogP contribution is -1.93. The molecule has 4 nitrogen and oxygen atoms in total. The van der Waals surface area contributed by atoms with Gasteiger partial charge in [0.15, 0.2) is 5.82 Å². The molecule has 6 heteroatoms. The Morgan fingerprint density at radius 2 is 2.16 bits per heavy atom. The second-order valence-corrected chi connectivity index (χ2v) is 5.91. The van der Waals surface area contributed by atoms with Crippen LogP contribution in [0.1, 0.15) is 16.9 Å². The summed E-state index contributed by atoms with van der Waals surface area (Å²) in [6.45, 7) is 0. The van der Waals surface area contributed by atoms with Crippen LogP contribution in [0.5, 0.6) is 0 Å². The number of rotatable bonds is 1. The van der Waals surface area contributed by atoms with Gasteiger partial charge in [0, 0.05) is 11.1 Å². The summed E-state index contributed by atoms with van der Waals surface area (Å²) in [5.74, 6) is 0.569. The van der Waals surface area contributed by atoms with Crippen LogP contribution < -0.4 is 0 Å². The third kappa shape index (κ3) is 1.73. The van der Waals surface area contributed by atoms with E-state index >= 15 is 0 Å². The molecule has 0 saturated carbocycles. The molecular weight excluding hydrogens is 280 g/mol. The highest BCUT2D eigenvalue weighted by atomic mass is 35.5. The minimum Gasteiger partial charge on any atom is -0.245 e. The maximum atomic E-state index is 6.35. The maximum absolute atomic E-state index is 6.35. The molecule has 0 aromatic carbocycles. The van der Waals surface area contributed by atoms with Gasteiger partial charge in [0.1, 0.15) is 22.0 Å². The van der Waals surface area contributed by atoms with Crippen molar-refractivity contribution in [3.8, 4) is 11.5 Å². The summed E-state index contributed by atoms with van der Waals surface area (Å²) in [6, 6.07) is 1.79. The van der Waals surface area contributed by atoms with E-state index in [9.17, 15) is 0 Å². The third-order valence-electron chi connectivity index (χ3n) is 3.33. The number of nitrogens with zero attached hydrogens (tertiary/aromatic N) is 4. The summed E-state index contributed by atoms with van der Waals surface area (Å²) >= 11 is 8.08. The Balaban J connectivity index is 1.97. The zero-order valence-electron chi connectivity index (χ0n) is 9.93. The Hall–Kier alpha value is -1.59. The quantitative estimate of drug-likeness (QED) is 0.645. The van der Waals surface area contributed by atoms with E-state index in [1.165, 1.54) is 23.2 Å². The Labute approximate surface area is 118 Å². The highest BCUT2D eigenvalue weighted by Crippen LogP contribution is 2.39. The highest BCUT2D eigenvalue weighted by molar-refractivity contribution is 7.19. The molecule has 0 saturated heterocycles. The Kier molecular flexibility index (Phi) is 2.50. The first-order valence-corrected chi connectivity index (χ1v) is 7.26. The highest BCUT2D eigenvalue weighted by Gasteiger charge is 2.22. The first-order valence-electron chi connectivity index (χ1n) is 6.07. The van der Waals surface area contributed by atoms with Crippen LogP contribution in [0.15, 0.2) is 18.6 Å². The summed E-state index contributed by atoms with van der Waals surface area (Å²) in [5, 5.41) is 1.58. The normalized spacial score (nSPS) is 13.9. The van der Waals surface area contributed by atoms with Gasteiger partial charge >= 0.3 is 0 Å². The second kappa shape index (κ2) is 4.21. The van der Waals surface area contributed by atoms with Crippen LogP contribution in [0, 0.1) is 0 Å². The molecular formula is C13H9ClN4S. The molecule has 1 aliphatic rings. The van der Waals surface area contributed by atoms with Crippen LogP contribution >= 0.6 is 22.9 Å². The van der Waals surface area contributed by atoms with Gasteiger partial charge < -0.3 is 0 Å². The predicted molar refractivity (Wildman–Crippen MR) is 75.5 cm³/mol. The van der Waals surface area contributed by atoms with Crippen molar-refractivity contribution in [1.29, 1.82) is 0 Å². The number of hydrogen-bond acceptors (Lipinski definition) is 5. The summed E-state index contributed by atoms with van der Waals surface area (Å²) < 4.78 is 0. The molecule has 0 N–H and O–H groups in total. The summed E-state index contributed by atoms with van der Waals surface area (Å²) in [5.41, 5.74) is 2.05. The molecule has 3 aromatic rings. The minimum absolute atomic E-state index is 0.540. The van der Waals surface area contributed by atoms with Gasteiger partial charge in [-0.05, 0) is 30.9 Å². The molecule has 0 atom stereocenters. The smallest absolute Gasteiger partial charge is 0.181 e. The number of fused-ring (bicyclic) bond motifs is 3. The Morgan fingerprint density at radius 3 is 3.00 bits per heavy atom. The molecule has 0 amide bonds. The monoisotopic (exact) mass is 288 g/mol. The zero-order valence-corrected chi connectivity index (χ0v) is 11.5. The third-order valence-corrected chi connectivity index (χ3v) is 4.79. The van der Waals surface area contributed by atoms with Crippen molar-refractivity contribution in [1.82, 2.24) is 19.9 Å². The molecule has 19 heavy (non-hydrogen) atoms. The zero-order chi connectivity index (χ0) is 12.8. The first kappa shape index (κ1) is 11.3. The van der Waals surface area contributed by atoms with Gasteiger partial charge in [-0.1, -0.05) is 11.6 Å². The molecule has 3 aromatic heterocycles. The first-order chi connectivity index (χ1) is 9.33. The second-order valence-electron chi connectivity index (χ2n) is 4.47. The fourth-order valence-corrected chi connectivity index (χ4v) is 4.09. The van der Waals surface area contributed by atoms with Crippen molar-refractivity contribution in [3.63, 3.8) is 0 Å². The van der Waals surface area contributed by atoms with Crippen molar-refractivity contribution in [2.75, 3.05) is 0 Å². The lowest BCUT2D eigenvalue weighted by atomic mass is 10.2. The van der Waals surface area contributed by atoms with Crippen molar-refractivity contribution < 1.29 is 0 Å². The van der Waals surface area contributed by atoms with Crippen molar-refractivity contribution in [2.24, 2.45) is 0 Å². The van der Waals surface area contributed by atoms with Gasteiger partial charge in [0.05, 0.1) is 5.39 Å². The number of aromatic nitrogens is 4. The number of hydrogen-bond donors (Lipinski definition) is 0. The average Bonchev–Trinajstić information content (AvgIpc) is 2.99. The SMILES string of the molecule is Clc1nc(-c2ccncn2)nc2sc3c(c12)CCC3. The molecule has 0 radical (unpaired) electrons. The van der Waals surface area contributed by atoms with Crippen LogP contribution in [0.3, 0.4) is 0 Å². The van der Waals surface area contributed by atoms with E-state index in [2.05, 4.69) is 19.9 Å². The molecule has 94 valence electrons. The van der Waals surface area contributed by atoms with Gasteiger partial charge in [-0.3, -0.25) is 0 Å². The van der Waals surface area contributed by atoms with Crippen molar-refractivity contribution in [2.45, 2.75) is 19.3 Å². The summed E-state index contributed by atoms with van der Waals surface area (Å²) in [4.78, 5) is 19.4. The largest absolute Gasteiger partial charge is 0.245 e. The molecule has 3 heterocycles. The van der Waals surface area contributed by atoms with Crippen LogP contribution in [0.25, 0.3) is 21.7 Å². The molecule has 0 fully saturated rings. The van der Waals surface area contributed by atoms with Gasteiger partial charge in [0.2, 0.25) is 0 Å². The molecule has 0 bridgehead atoms. The summed E-state index contributed by atoms with van der Waals surface area (Å²) in [6.07, 6.45) is 6.60. The molecule has 0 unspecified atom stereocenters. The molecule has 1 aliphatic carbocycles. The molecule has 4 rings (SSSR count). The lowest BCUT2D eigenvalue weighted by molar-refractivity contribution is 0.917. The maximum Gasteiger partial charge on any atom is 0.181 e. The molecule has 0 spiro atoms. The van der Waals surface area contributed by atoms with Crippen LogP contribution in [-0.2, 0) is 12.8 Å². The van der Waals surface area contributed by atoms with Crippen molar-refractivity contribution in [3.05, 3.63) is 34.2 Å². The number of thiophene rings is 1. The van der Waals surface area contributed by atoms with E-state index in [-0.39, 0.29) is 0 Å². The summed E-state index contributed by atoms with van der Waals surface area (Å²) in [7, 11) is 0. The Bertz CT molecular complexity index is 769. The lowest BCUT2D eigenvalue weighted by Gasteiger charge is -2.01. The van der Waals surface area contributed by atoms with Crippen molar-refractivity contribution >= 4 is 33.2 Å². The molecule has 0 aliphatic heterocycles. The predicted octanol–water partition coefficient (Wildman–Crippen LogP) is 3.29. The van der Waals surface area contributed by atoms with Crippen LogP contribution in [0.4, 0.5) is 0 Å². The van der Waals surface area contributed by atoms with E-state index in [0.717, 1.165) is 23.1 Å². The van der Waals surface area contributed by atoms with Gasteiger partial charge in [-0.15, -0.1) is 11.3 Å². The van der Waals surface area contributed by atoms with Crippen LogP contribution in [0.2, 0.25) is 5.15 Å². The van der Waals surface area contributed by atoms with E-state index in [4.69, 9.17) is 11.6 Å². The number of halogens is 1.